The lowest BCUT2D eigenvalue weighted by atomic mass is 10.2. The zero-order valence-electron chi connectivity index (χ0n) is 9.99. The normalized spacial score (nSPS) is 10.5. The Kier molecular flexibility index (Phi) is 6.58. The van der Waals surface area contributed by atoms with E-state index in [4.69, 9.17) is 15.6 Å². The molecule has 0 aliphatic carbocycles. The fraction of sp³-hybridized carbons (Fsp3) is 0.538. The molecule has 0 amide bonds. The highest BCUT2D eigenvalue weighted by molar-refractivity contribution is 5.33. The van der Waals surface area contributed by atoms with Crippen LogP contribution < -0.4 is 10.5 Å². The Morgan fingerprint density at radius 1 is 1.18 bits per heavy atom. The van der Waals surface area contributed by atoms with E-state index >= 15 is 0 Å². The van der Waals surface area contributed by atoms with Crippen LogP contribution in [0.2, 0.25) is 0 Å². The number of halogens is 1. The summed E-state index contributed by atoms with van der Waals surface area (Å²) in [5, 5.41) is 8.61. The number of hydrogen-bond donors (Lipinski definition) is 2. The number of aliphatic hydroxyl groups excluding tert-OH is 1. The molecule has 0 fully saturated rings. The Bertz CT molecular complexity index is 331. The Labute approximate surface area is 101 Å². The average Bonchev–Trinajstić information content (AvgIpc) is 2.35. The summed E-state index contributed by atoms with van der Waals surface area (Å²) in [5.74, 6) is 0.372. The minimum atomic E-state index is -0.291. The van der Waals surface area contributed by atoms with Crippen molar-refractivity contribution in [3.05, 3.63) is 29.6 Å². The van der Waals surface area contributed by atoms with Gasteiger partial charge in [-0.15, -0.1) is 0 Å². The van der Waals surface area contributed by atoms with Crippen LogP contribution in [0.4, 0.5) is 4.39 Å². The molecule has 17 heavy (non-hydrogen) atoms. The first kappa shape index (κ1) is 13.9. The number of rotatable bonds is 8. The molecule has 0 saturated heterocycles. The lowest BCUT2D eigenvalue weighted by molar-refractivity contribution is 0.273. The molecule has 3 N–H and O–H groups in total. The minimum Gasteiger partial charge on any atom is -0.493 e. The van der Waals surface area contributed by atoms with Crippen LogP contribution >= 0.6 is 0 Å². The van der Waals surface area contributed by atoms with Crippen molar-refractivity contribution in [2.75, 3.05) is 13.2 Å². The first-order chi connectivity index (χ1) is 8.27. The van der Waals surface area contributed by atoms with Gasteiger partial charge in [-0.05, 0) is 37.5 Å². The Morgan fingerprint density at radius 3 is 2.65 bits per heavy atom. The molecule has 0 aromatic heterocycles. The number of ether oxygens (including phenoxy) is 1. The molecule has 1 aromatic rings. The third-order valence-electron chi connectivity index (χ3n) is 2.55. The number of nitrogens with two attached hydrogens (primary N) is 1. The molecule has 0 radical (unpaired) electrons. The summed E-state index contributed by atoms with van der Waals surface area (Å²) < 4.78 is 18.5. The van der Waals surface area contributed by atoms with Gasteiger partial charge >= 0.3 is 0 Å². The Morgan fingerprint density at radius 2 is 1.94 bits per heavy atom. The van der Waals surface area contributed by atoms with E-state index in [0.717, 1.165) is 25.7 Å². The number of aliphatic hydroxyl groups is 1. The van der Waals surface area contributed by atoms with Gasteiger partial charge in [0.25, 0.3) is 0 Å². The van der Waals surface area contributed by atoms with Crippen LogP contribution in [0, 0.1) is 5.82 Å². The quantitative estimate of drug-likeness (QED) is 0.686. The molecule has 0 bridgehead atoms. The van der Waals surface area contributed by atoms with Crippen LogP contribution in [-0.2, 0) is 6.54 Å². The van der Waals surface area contributed by atoms with Crippen molar-refractivity contribution < 1.29 is 14.2 Å². The SMILES string of the molecule is NCc1cc(F)ccc1OCCCCCCO. The smallest absolute Gasteiger partial charge is 0.123 e. The molecule has 3 nitrogen and oxygen atoms in total. The van der Waals surface area contributed by atoms with E-state index in [1.54, 1.807) is 6.07 Å². The van der Waals surface area contributed by atoms with Crippen molar-refractivity contribution in [1.82, 2.24) is 0 Å². The van der Waals surface area contributed by atoms with Crippen LogP contribution in [0.3, 0.4) is 0 Å². The van der Waals surface area contributed by atoms with Crippen molar-refractivity contribution in [2.45, 2.75) is 32.2 Å². The number of benzene rings is 1. The summed E-state index contributed by atoms with van der Waals surface area (Å²) >= 11 is 0. The Hall–Kier alpha value is -1.13. The molecular weight excluding hydrogens is 221 g/mol. The van der Waals surface area contributed by atoms with Crippen molar-refractivity contribution >= 4 is 0 Å². The molecule has 0 saturated carbocycles. The van der Waals surface area contributed by atoms with Crippen molar-refractivity contribution in [3.63, 3.8) is 0 Å². The highest BCUT2D eigenvalue weighted by atomic mass is 19.1. The number of hydrogen-bond acceptors (Lipinski definition) is 3. The molecule has 0 aliphatic heterocycles. The second kappa shape index (κ2) is 8.03. The average molecular weight is 241 g/mol. The highest BCUT2D eigenvalue weighted by Crippen LogP contribution is 2.19. The summed E-state index contributed by atoms with van der Waals surface area (Å²) in [6.07, 6.45) is 3.80. The van der Waals surface area contributed by atoms with Crippen LogP contribution in [0.15, 0.2) is 18.2 Å². The predicted molar refractivity (Wildman–Crippen MR) is 65.3 cm³/mol. The van der Waals surface area contributed by atoms with Gasteiger partial charge in [0.15, 0.2) is 0 Å². The fourth-order valence-corrected chi connectivity index (χ4v) is 1.60. The molecule has 4 heteroatoms. The Balaban J connectivity index is 2.31. The fourth-order valence-electron chi connectivity index (χ4n) is 1.60. The zero-order chi connectivity index (χ0) is 12.5. The number of unbranched alkanes of at least 4 members (excludes halogenated alkanes) is 3. The molecule has 96 valence electrons. The molecule has 0 spiro atoms. The molecule has 0 unspecified atom stereocenters. The summed E-state index contributed by atoms with van der Waals surface area (Å²) in [6.45, 7) is 1.12. The van der Waals surface area contributed by atoms with Gasteiger partial charge in [-0.2, -0.15) is 0 Å². The van der Waals surface area contributed by atoms with E-state index < -0.39 is 0 Å². The maximum Gasteiger partial charge on any atom is 0.123 e. The summed E-state index contributed by atoms with van der Waals surface area (Å²) in [4.78, 5) is 0. The maximum atomic E-state index is 12.9. The van der Waals surface area contributed by atoms with Gasteiger partial charge in [-0.25, -0.2) is 4.39 Å². The van der Waals surface area contributed by atoms with Crippen molar-refractivity contribution in [3.8, 4) is 5.75 Å². The second-order valence-corrected chi connectivity index (χ2v) is 3.94. The minimum absolute atomic E-state index is 0.246. The van der Waals surface area contributed by atoms with Gasteiger partial charge in [-0.1, -0.05) is 6.42 Å². The second-order valence-electron chi connectivity index (χ2n) is 3.94. The zero-order valence-corrected chi connectivity index (χ0v) is 9.99. The third-order valence-corrected chi connectivity index (χ3v) is 2.55. The topological polar surface area (TPSA) is 55.5 Å². The van der Waals surface area contributed by atoms with Gasteiger partial charge in [0.2, 0.25) is 0 Å². The van der Waals surface area contributed by atoms with E-state index in [0.29, 0.717) is 17.9 Å². The molecule has 1 rings (SSSR count). The van der Waals surface area contributed by atoms with E-state index in [1.807, 2.05) is 0 Å². The summed E-state index contributed by atoms with van der Waals surface area (Å²) in [6, 6.07) is 4.40. The van der Waals surface area contributed by atoms with E-state index in [1.165, 1.54) is 12.1 Å². The standard InChI is InChI=1S/C13H20FNO2/c14-12-5-6-13(11(9-12)10-15)17-8-4-2-1-3-7-16/h5-6,9,16H,1-4,7-8,10,15H2. The lowest BCUT2D eigenvalue weighted by Crippen LogP contribution is -2.04. The van der Waals surface area contributed by atoms with E-state index in [-0.39, 0.29) is 19.0 Å². The molecular formula is C13H20FNO2. The highest BCUT2D eigenvalue weighted by Gasteiger charge is 2.03. The maximum absolute atomic E-state index is 12.9. The molecule has 0 aliphatic rings. The van der Waals surface area contributed by atoms with Crippen LogP contribution in [0.25, 0.3) is 0 Å². The summed E-state index contributed by atoms with van der Waals surface area (Å²) in [7, 11) is 0. The van der Waals surface area contributed by atoms with E-state index in [2.05, 4.69) is 0 Å². The monoisotopic (exact) mass is 241 g/mol. The van der Waals surface area contributed by atoms with Gasteiger partial charge < -0.3 is 15.6 Å². The van der Waals surface area contributed by atoms with E-state index in [9.17, 15) is 4.39 Å². The van der Waals surface area contributed by atoms with Crippen LogP contribution in [0.1, 0.15) is 31.2 Å². The predicted octanol–water partition coefficient (Wildman–Crippen LogP) is 2.22. The first-order valence-corrected chi connectivity index (χ1v) is 6.00. The van der Waals surface area contributed by atoms with Gasteiger partial charge in [0.05, 0.1) is 6.61 Å². The third kappa shape index (κ3) is 5.15. The van der Waals surface area contributed by atoms with Crippen LogP contribution in [-0.4, -0.2) is 18.3 Å². The van der Waals surface area contributed by atoms with Gasteiger partial charge in [-0.3, -0.25) is 0 Å². The van der Waals surface area contributed by atoms with Crippen molar-refractivity contribution in [2.24, 2.45) is 5.73 Å². The lowest BCUT2D eigenvalue weighted by Gasteiger charge is -2.10. The molecule has 0 atom stereocenters. The van der Waals surface area contributed by atoms with Gasteiger partial charge in [0, 0.05) is 18.7 Å². The van der Waals surface area contributed by atoms with Gasteiger partial charge in [0.1, 0.15) is 11.6 Å². The molecule has 1 aromatic carbocycles. The largest absolute Gasteiger partial charge is 0.493 e. The van der Waals surface area contributed by atoms with Crippen LogP contribution in [0.5, 0.6) is 5.75 Å². The van der Waals surface area contributed by atoms with Crippen molar-refractivity contribution in [1.29, 1.82) is 0 Å². The summed E-state index contributed by atoms with van der Waals surface area (Å²) in [5.41, 5.74) is 6.21. The molecule has 0 heterocycles. The first-order valence-electron chi connectivity index (χ1n) is 6.00.